The van der Waals surface area contributed by atoms with Gasteiger partial charge in [0.05, 0.1) is 17.1 Å². The Morgan fingerprint density at radius 3 is 2.85 bits per heavy atom. The Morgan fingerprint density at radius 1 is 1.31 bits per heavy atom. The number of carbonyl (C=O) groups excluding carboxylic acids is 1. The van der Waals surface area contributed by atoms with Gasteiger partial charge < -0.3 is 5.32 Å². The van der Waals surface area contributed by atoms with Gasteiger partial charge in [-0.15, -0.1) is 0 Å². The van der Waals surface area contributed by atoms with Crippen molar-refractivity contribution in [2.75, 3.05) is 0 Å². The number of fused-ring (bicyclic) bond motifs is 1. The molecule has 1 heterocycles. The van der Waals surface area contributed by atoms with E-state index in [2.05, 4.69) is 27.9 Å². The van der Waals surface area contributed by atoms with Crippen molar-refractivity contribution in [2.45, 2.75) is 46.1 Å². The van der Waals surface area contributed by atoms with Crippen LogP contribution < -0.4 is 5.32 Å². The van der Waals surface area contributed by atoms with Crippen LogP contribution in [0, 0.1) is 13.8 Å². The topological polar surface area (TPSA) is 54.9 Å². The van der Waals surface area contributed by atoms with E-state index in [1.165, 1.54) is 5.57 Å². The standard InChI is InChI=1S/C22H25N3O/c1-5-9-16-10-7-13-20(17(16)6-2)25-22(26)19-12-8-11-18-14(3)23-15(4)24-21(18)19/h5-6,8-9,11-12,20H,2,7,10,13H2,1,3-4H3,(H,25,26)/b9-5-. The van der Waals surface area contributed by atoms with E-state index in [4.69, 9.17) is 0 Å². The van der Waals surface area contributed by atoms with Crippen molar-refractivity contribution in [3.8, 4) is 0 Å². The highest BCUT2D eigenvalue weighted by atomic mass is 16.1. The fourth-order valence-electron chi connectivity index (χ4n) is 3.69. The first-order valence-electron chi connectivity index (χ1n) is 9.08. The fraction of sp³-hybridized carbons (Fsp3) is 0.318. The largest absolute Gasteiger partial charge is 0.345 e. The normalized spacial score (nSPS) is 17.7. The number of para-hydroxylation sites is 1. The van der Waals surface area contributed by atoms with E-state index >= 15 is 0 Å². The first-order valence-corrected chi connectivity index (χ1v) is 9.08. The average molecular weight is 347 g/mol. The van der Waals surface area contributed by atoms with E-state index in [0.29, 0.717) is 16.9 Å². The Morgan fingerprint density at radius 2 is 2.12 bits per heavy atom. The molecule has 0 bridgehead atoms. The third-order valence-corrected chi connectivity index (χ3v) is 4.85. The highest BCUT2D eigenvalue weighted by Gasteiger charge is 2.23. The maximum atomic E-state index is 13.0. The molecule has 4 nitrogen and oxygen atoms in total. The zero-order valence-corrected chi connectivity index (χ0v) is 15.7. The minimum Gasteiger partial charge on any atom is -0.345 e. The highest BCUT2D eigenvalue weighted by molar-refractivity contribution is 6.06. The molecular formula is C22H25N3O. The first kappa shape index (κ1) is 18.1. The van der Waals surface area contributed by atoms with Gasteiger partial charge in [-0.25, -0.2) is 9.97 Å². The van der Waals surface area contributed by atoms with Gasteiger partial charge in [0.25, 0.3) is 5.91 Å². The number of nitrogens with one attached hydrogen (secondary N) is 1. The summed E-state index contributed by atoms with van der Waals surface area (Å²) in [5.41, 5.74) is 4.57. The summed E-state index contributed by atoms with van der Waals surface area (Å²) in [4.78, 5) is 22.0. The molecule has 2 aromatic rings. The second-order valence-electron chi connectivity index (χ2n) is 6.66. The molecule has 1 amide bonds. The van der Waals surface area contributed by atoms with Gasteiger partial charge in [0.15, 0.2) is 0 Å². The van der Waals surface area contributed by atoms with E-state index in [-0.39, 0.29) is 11.9 Å². The maximum Gasteiger partial charge on any atom is 0.253 e. The van der Waals surface area contributed by atoms with Gasteiger partial charge in [-0.3, -0.25) is 4.79 Å². The molecular weight excluding hydrogens is 322 g/mol. The summed E-state index contributed by atoms with van der Waals surface area (Å²) in [6, 6.07) is 5.66. The summed E-state index contributed by atoms with van der Waals surface area (Å²) < 4.78 is 0. The lowest BCUT2D eigenvalue weighted by molar-refractivity contribution is 0.0942. The van der Waals surface area contributed by atoms with Crippen molar-refractivity contribution in [3.05, 3.63) is 71.2 Å². The van der Waals surface area contributed by atoms with Crippen LogP contribution in [0.2, 0.25) is 0 Å². The number of aryl methyl sites for hydroxylation is 2. The first-order chi connectivity index (χ1) is 12.5. The van der Waals surface area contributed by atoms with Gasteiger partial charge in [0.2, 0.25) is 0 Å². The molecule has 3 rings (SSSR count). The molecule has 1 aliphatic carbocycles. The van der Waals surface area contributed by atoms with Crippen molar-refractivity contribution in [3.63, 3.8) is 0 Å². The maximum absolute atomic E-state index is 13.0. The van der Waals surface area contributed by atoms with Gasteiger partial charge in [0.1, 0.15) is 5.82 Å². The molecule has 0 fully saturated rings. The third kappa shape index (κ3) is 3.45. The molecule has 1 aromatic heterocycles. The van der Waals surface area contributed by atoms with Crippen LogP contribution in [-0.2, 0) is 0 Å². The van der Waals surface area contributed by atoms with Crippen molar-refractivity contribution in [1.82, 2.24) is 15.3 Å². The zero-order valence-electron chi connectivity index (χ0n) is 15.7. The quantitative estimate of drug-likeness (QED) is 0.880. The van der Waals surface area contributed by atoms with Crippen LogP contribution in [0.3, 0.4) is 0 Å². The second-order valence-corrected chi connectivity index (χ2v) is 6.66. The van der Waals surface area contributed by atoms with E-state index in [1.54, 1.807) is 0 Å². The summed E-state index contributed by atoms with van der Waals surface area (Å²) in [5.74, 6) is 0.578. The molecule has 1 atom stereocenters. The van der Waals surface area contributed by atoms with E-state index in [1.807, 2.05) is 51.1 Å². The van der Waals surface area contributed by atoms with Gasteiger partial charge in [0, 0.05) is 11.1 Å². The number of hydrogen-bond donors (Lipinski definition) is 1. The Balaban J connectivity index is 1.97. The van der Waals surface area contributed by atoms with Crippen molar-refractivity contribution in [2.24, 2.45) is 0 Å². The fourth-order valence-corrected chi connectivity index (χ4v) is 3.69. The van der Waals surface area contributed by atoms with Crippen molar-refractivity contribution < 1.29 is 4.79 Å². The molecule has 1 unspecified atom stereocenters. The Bertz CT molecular complexity index is 924. The number of aromatic nitrogens is 2. The SMILES string of the molecule is C=CC1=C(/C=C\C)CCCC1NC(=O)c1cccc2c(C)nc(C)nc12. The molecule has 0 radical (unpaired) electrons. The number of benzene rings is 1. The molecule has 0 saturated carbocycles. The van der Waals surface area contributed by atoms with Crippen LogP contribution >= 0.6 is 0 Å². The lowest BCUT2D eigenvalue weighted by atomic mass is 9.87. The predicted octanol–water partition coefficient (Wildman–Crippen LogP) is 4.59. The van der Waals surface area contributed by atoms with E-state index in [0.717, 1.165) is 35.9 Å². The molecule has 1 N–H and O–H groups in total. The van der Waals surface area contributed by atoms with Crippen molar-refractivity contribution in [1.29, 1.82) is 0 Å². The van der Waals surface area contributed by atoms with Crippen LogP contribution in [-0.4, -0.2) is 21.9 Å². The Labute approximate surface area is 154 Å². The molecule has 1 aromatic carbocycles. The van der Waals surface area contributed by atoms with Crippen LogP contribution in [0.1, 0.15) is 48.1 Å². The lowest BCUT2D eigenvalue weighted by Gasteiger charge is -2.27. The minimum atomic E-state index is -0.0980. The Hall–Kier alpha value is -2.75. The average Bonchev–Trinajstić information content (AvgIpc) is 2.61. The molecule has 26 heavy (non-hydrogen) atoms. The summed E-state index contributed by atoms with van der Waals surface area (Å²) in [7, 11) is 0. The number of amides is 1. The second kappa shape index (κ2) is 7.65. The predicted molar refractivity (Wildman–Crippen MR) is 106 cm³/mol. The summed E-state index contributed by atoms with van der Waals surface area (Å²) in [5, 5.41) is 4.11. The number of rotatable bonds is 4. The van der Waals surface area contributed by atoms with Crippen molar-refractivity contribution >= 4 is 16.8 Å². The number of carbonyl (C=O) groups is 1. The summed E-state index contributed by atoms with van der Waals surface area (Å²) >= 11 is 0. The third-order valence-electron chi connectivity index (χ3n) is 4.85. The molecule has 0 saturated heterocycles. The van der Waals surface area contributed by atoms with E-state index < -0.39 is 0 Å². The van der Waals surface area contributed by atoms with Gasteiger partial charge in [-0.2, -0.15) is 0 Å². The lowest BCUT2D eigenvalue weighted by Crippen LogP contribution is -2.38. The van der Waals surface area contributed by atoms with Crippen LogP contribution in [0.5, 0.6) is 0 Å². The smallest absolute Gasteiger partial charge is 0.253 e. The monoisotopic (exact) mass is 347 g/mol. The van der Waals surface area contributed by atoms with Crippen LogP contribution in [0.15, 0.2) is 54.2 Å². The van der Waals surface area contributed by atoms with Crippen LogP contribution in [0.4, 0.5) is 0 Å². The summed E-state index contributed by atoms with van der Waals surface area (Å²) in [6.07, 6.45) is 9.03. The van der Waals surface area contributed by atoms with Gasteiger partial charge in [-0.1, -0.05) is 36.9 Å². The molecule has 134 valence electrons. The number of allylic oxidation sites excluding steroid dienone is 3. The van der Waals surface area contributed by atoms with Crippen LogP contribution in [0.25, 0.3) is 10.9 Å². The number of hydrogen-bond acceptors (Lipinski definition) is 3. The number of nitrogens with zero attached hydrogens (tertiary/aromatic N) is 2. The minimum absolute atomic E-state index is 0.0146. The zero-order chi connectivity index (χ0) is 18.7. The molecule has 4 heteroatoms. The highest BCUT2D eigenvalue weighted by Crippen LogP contribution is 2.28. The molecule has 0 spiro atoms. The summed E-state index contributed by atoms with van der Waals surface area (Å²) in [6.45, 7) is 9.76. The molecule has 0 aliphatic heterocycles. The van der Waals surface area contributed by atoms with Gasteiger partial charge >= 0.3 is 0 Å². The van der Waals surface area contributed by atoms with Gasteiger partial charge in [-0.05, 0) is 57.2 Å². The Kier molecular flexibility index (Phi) is 5.31. The van der Waals surface area contributed by atoms with E-state index in [9.17, 15) is 4.79 Å². The molecule has 1 aliphatic rings.